The van der Waals surface area contributed by atoms with Gasteiger partial charge >= 0.3 is 6.09 Å². The van der Waals surface area contributed by atoms with Crippen molar-refractivity contribution in [3.63, 3.8) is 0 Å². The van der Waals surface area contributed by atoms with Gasteiger partial charge in [-0.15, -0.1) is 0 Å². The van der Waals surface area contributed by atoms with Crippen molar-refractivity contribution in [3.05, 3.63) is 41.2 Å². The lowest BCUT2D eigenvalue weighted by molar-refractivity contribution is -0.0297. The molecule has 3 aliphatic carbocycles. The third kappa shape index (κ3) is 4.31. The molecule has 2 amide bonds. The molecule has 0 spiro atoms. The maximum atomic E-state index is 12.6. The van der Waals surface area contributed by atoms with Gasteiger partial charge in [0, 0.05) is 30.6 Å². The first kappa shape index (κ1) is 18.0. The Hall–Kier alpha value is -2.37. The van der Waals surface area contributed by atoms with Crippen LogP contribution >= 0.6 is 0 Å². The van der Waals surface area contributed by atoms with E-state index in [1.807, 2.05) is 19.1 Å². The van der Waals surface area contributed by atoms with Crippen LogP contribution < -0.4 is 10.6 Å². The van der Waals surface area contributed by atoms with Gasteiger partial charge in [0.05, 0.1) is 0 Å². The molecule has 1 heterocycles. The van der Waals surface area contributed by atoms with Crippen LogP contribution in [0.5, 0.6) is 0 Å². The lowest BCUT2D eigenvalue weighted by Crippen LogP contribution is -2.52. The smallest absolute Gasteiger partial charge is 0.407 e. The number of aryl methyl sites for hydroxylation is 1. The Balaban J connectivity index is 1.47. The molecule has 4 rings (SSSR count). The number of amides is 2. The molecule has 0 radical (unpaired) electrons. The van der Waals surface area contributed by atoms with E-state index in [1.54, 1.807) is 6.07 Å². The predicted molar refractivity (Wildman–Crippen MR) is 101 cm³/mol. The average Bonchev–Trinajstić information content (AvgIpc) is 3.36. The quantitative estimate of drug-likeness (QED) is 0.798. The van der Waals surface area contributed by atoms with E-state index in [9.17, 15) is 9.59 Å². The van der Waals surface area contributed by atoms with Crippen molar-refractivity contribution >= 4 is 12.0 Å². The topological polar surface area (TPSA) is 80.3 Å². The van der Waals surface area contributed by atoms with E-state index >= 15 is 0 Å². The van der Waals surface area contributed by atoms with Crippen molar-refractivity contribution in [2.45, 2.75) is 70.1 Å². The number of hydrogen-bond donors (Lipinski definition) is 2. The molecule has 2 fully saturated rings. The number of pyridine rings is 1. The van der Waals surface area contributed by atoms with E-state index in [2.05, 4.69) is 28.6 Å². The largest absolute Gasteiger partial charge is 0.442 e. The third-order valence-electron chi connectivity index (χ3n) is 5.56. The fourth-order valence-corrected chi connectivity index (χ4v) is 4.50. The second kappa shape index (κ2) is 6.98. The van der Waals surface area contributed by atoms with Crippen LogP contribution in [0.15, 0.2) is 29.8 Å². The molecule has 3 aliphatic rings. The average molecular weight is 369 g/mol. The minimum Gasteiger partial charge on any atom is -0.442 e. The Morgan fingerprint density at radius 3 is 2.74 bits per heavy atom. The van der Waals surface area contributed by atoms with Crippen LogP contribution in [-0.4, -0.2) is 34.7 Å². The van der Waals surface area contributed by atoms with E-state index < -0.39 is 5.60 Å². The fraction of sp³-hybridized carbons (Fsp3) is 0.571. The van der Waals surface area contributed by atoms with E-state index in [0.717, 1.165) is 37.8 Å². The molecule has 0 saturated heterocycles. The van der Waals surface area contributed by atoms with Gasteiger partial charge < -0.3 is 15.4 Å². The van der Waals surface area contributed by atoms with Gasteiger partial charge in [-0.3, -0.25) is 4.79 Å². The molecule has 2 bridgehead atoms. The molecule has 1 aromatic heterocycles. The van der Waals surface area contributed by atoms with Crippen LogP contribution in [0, 0.1) is 12.8 Å². The second-order valence-electron chi connectivity index (χ2n) is 8.42. The zero-order chi connectivity index (χ0) is 19.0. The Morgan fingerprint density at radius 1 is 1.19 bits per heavy atom. The Morgan fingerprint density at radius 2 is 2.00 bits per heavy atom. The Bertz CT molecular complexity index is 787. The molecule has 6 heteroatoms. The van der Waals surface area contributed by atoms with Crippen LogP contribution in [-0.2, 0) is 4.74 Å². The summed E-state index contributed by atoms with van der Waals surface area (Å²) in [5.41, 5.74) is 1.98. The van der Waals surface area contributed by atoms with Gasteiger partial charge in [-0.1, -0.05) is 24.6 Å². The first-order valence-electron chi connectivity index (χ1n) is 9.84. The Kier molecular flexibility index (Phi) is 4.66. The number of ether oxygens (including phenoxy) is 1. The second-order valence-corrected chi connectivity index (χ2v) is 8.42. The monoisotopic (exact) mass is 369 g/mol. The minimum absolute atomic E-state index is 0.0546. The highest BCUT2D eigenvalue weighted by atomic mass is 16.6. The number of nitrogens with one attached hydrogen (secondary N) is 2. The van der Waals surface area contributed by atoms with E-state index in [4.69, 9.17) is 4.74 Å². The number of carbonyl (C=O) groups is 2. The number of rotatable bonds is 4. The minimum atomic E-state index is -0.529. The first-order chi connectivity index (χ1) is 12.9. The maximum absolute atomic E-state index is 12.6. The Labute approximate surface area is 159 Å². The number of fused-ring (bicyclic) bond motifs is 2. The highest BCUT2D eigenvalue weighted by Crippen LogP contribution is 2.44. The summed E-state index contributed by atoms with van der Waals surface area (Å²) < 4.78 is 5.95. The maximum Gasteiger partial charge on any atom is 0.407 e. The molecule has 0 aromatic carbocycles. The van der Waals surface area contributed by atoms with Gasteiger partial charge in [0.15, 0.2) is 0 Å². The number of hydrogen-bond acceptors (Lipinski definition) is 4. The number of allylic oxidation sites excluding steroid dienone is 1. The molecule has 1 aromatic rings. The summed E-state index contributed by atoms with van der Waals surface area (Å²) in [5.74, 6) is 0.201. The number of aromatic nitrogens is 1. The van der Waals surface area contributed by atoms with Gasteiger partial charge in [0.25, 0.3) is 5.91 Å². The summed E-state index contributed by atoms with van der Waals surface area (Å²) in [7, 11) is 0. The molecule has 3 unspecified atom stereocenters. The van der Waals surface area contributed by atoms with Crippen molar-refractivity contribution in [2.75, 3.05) is 0 Å². The standard InChI is InChI=1S/C21H27N3O3/c1-13-8-15-9-17(23-19(25)18-5-3-4-14(2)22-18)12-21(10-13,11-15)27-20(26)24-16-6-7-16/h3-5,8,13,16-17H,6-7,9-12H2,1-2H3,(H,23,25)(H,24,26). The highest BCUT2D eigenvalue weighted by molar-refractivity contribution is 5.92. The zero-order valence-corrected chi connectivity index (χ0v) is 16.0. The van der Waals surface area contributed by atoms with Crippen molar-refractivity contribution in [2.24, 2.45) is 5.92 Å². The third-order valence-corrected chi connectivity index (χ3v) is 5.56. The van der Waals surface area contributed by atoms with Crippen LogP contribution in [0.4, 0.5) is 4.79 Å². The lowest BCUT2D eigenvalue weighted by atomic mass is 9.69. The summed E-state index contributed by atoms with van der Waals surface area (Å²) in [6.45, 7) is 4.03. The summed E-state index contributed by atoms with van der Waals surface area (Å²) in [4.78, 5) is 29.2. The van der Waals surface area contributed by atoms with Crippen LogP contribution in [0.25, 0.3) is 0 Å². The molecule has 27 heavy (non-hydrogen) atoms. The van der Waals surface area contributed by atoms with Gasteiger partial charge in [-0.05, 0) is 50.7 Å². The molecule has 0 aliphatic heterocycles. The van der Waals surface area contributed by atoms with E-state index in [0.29, 0.717) is 18.0 Å². The van der Waals surface area contributed by atoms with E-state index in [1.165, 1.54) is 5.57 Å². The van der Waals surface area contributed by atoms with Gasteiger partial charge in [-0.2, -0.15) is 0 Å². The van der Waals surface area contributed by atoms with Crippen molar-refractivity contribution < 1.29 is 14.3 Å². The molecule has 6 nitrogen and oxygen atoms in total. The van der Waals surface area contributed by atoms with Crippen molar-refractivity contribution in [1.29, 1.82) is 0 Å². The lowest BCUT2D eigenvalue weighted by Gasteiger charge is -2.45. The number of carbonyl (C=O) groups excluding carboxylic acids is 2. The number of alkyl carbamates (subject to hydrolysis) is 1. The van der Waals surface area contributed by atoms with Crippen LogP contribution in [0.1, 0.15) is 61.6 Å². The molecule has 3 atom stereocenters. The first-order valence-corrected chi connectivity index (χ1v) is 9.84. The van der Waals surface area contributed by atoms with Gasteiger partial charge in [0.1, 0.15) is 11.3 Å². The summed E-state index contributed by atoms with van der Waals surface area (Å²) in [5, 5.41) is 6.03. The molecular formula is C21H27N3O3. The van der Waals surface area contributed by atoms with E-state index in [-0.39, 0.29) is 24.1 Å². The fourth-order valence-electron chi connectivity index (χ4n) is 4.50. The molecule has 144 valence electrons. The predicted octanol–water partition coefficient (Wildman–Crippen LogP) is 3.27. The summed E-state index contributed by atoms with van der Waals surface area (Å²) in [6, 6.07) is 5.65. The summed E-state index contributed by atoms with van der Waals surface area (Å²) >= 11 is 0. The van der Waals surface area contributed by atoms with Gasteiger partial charge in [-0.25, -0.2) is 9.78 Å². The van der Waals surface area contributed by atoms with Crippen LogP contribution in [0.3, 0.4) is 0 Å². The summed E-state index contributed by atoms with van der Waals surface area (Å²) in [6.07, 6.45) is 7.02. The molecular weight excluding hydrogens is 342 g/mol. The number of nitrogens with zero attached hydrogens (tertiary/aromatic N) is 1. The normalized spacial score (nSPS) is 29.5. The zero-order valence-electron chi connectivity index (χ0n) is 16.0. The molecule has 2 N–H and O–H groups in total. The van der Waals surface area contributed by atoms with Crippen LogP contribution in [0.2, 0.25) is 0 Å². The molecule has 2 saturated carbocycles. The van der Waals surface area contributed by atoms with Gasteiger partial charge in [0.2, 0.25) is 0 Å². The van der Waals surface area contributed by atoms with Crippen molar-refractivity contribution in [1.82, 2.24) is 15.6 Å². The SMILES string of the molecule is Cc1cccc(C(=O)NC2CC3=CC(C)CC(OC(=O)NC4CC4)(C3)C2)n1. The highest BCUT2D eigenvalue weighted by Gasteiger charge is 2.45. The van der Waals surface area contributed by atoms with Crippen molar-refractivity contribution in [3.8, 4) is 0 Å².